The average Bonchev–Trinajstić information content (AvgIpc) is 3.36. The molecule has 0 aliphatic carbocycles. The molecule has 2 heterocycles. The molecule has 0 saturated carbocycles. The van der Waals surface area contributed by atoms with Crippen LogP contribution in [0.3, 0.4) is 0 Å². The van der Waals surface area contributed by atoms with Crippen molar-refractivity contribution < 1.29 is 23.7 Å². The van der Waals surface area contributed by atoms with E-state index in [9.17, 15) is 19.7 Å². The Labute approximate surface area is 186 Å². The SMILES string of the molecule is CCOC(=O)c1sc(-c2cccc([N+](=O)[O-])c2)cc1NC(=O)c1oc2ccccc2c1C. The number of anilines is 1. The number of aryl methyl sites for hydroxylation is 1. The molecule has 0 radical (unpaired) electrons. The van der Waals surface area contributed by atoms with Crippen LogP contribution >= 0.6 is 11.3 Å². The van der Waals surface area contributed by atoms with Gasteiger partial charge >= 0.3 is 5.97 Å². The number of hydrogen-bond acceptors (Lipinski definition) is 7. The van der Waals surface area contributed by atoms with E-state index < -0.39 is 16.8 Å². The van der Waals surface area contributed by atoms with Crippen molar-refractivity contribution in [3.8, 4) is 10.4 Å². The van der Waals surface area contributed by atoms with Crippen molar-refractivity contribution in [1.29, 1.82) is 0 Å². The highest BCUT2D eigenvalue weighted by molar-refractivity contribution is 7.18. The molecule has 0 atom stereocenters. The lowest BCUT2D eigenvalue weighted by molar-refractivity contribution is -0.384. The lowest BCUT2D eigenvalue weighted by atomic mass is 10.1. The van der Waals surface area contributed by atoms with Gasteiger partial charge in [-0.1, -0.05) is 30.3 Å². The number of esters is 1. The van der Waals surface area contributed by atoms with E-state index >= 15 is 0 Å². The van der Waals surface area contributed by atoms with E-state index in [-0.39, 0.29) is 28.6 Å². The molecule has 2 aromatic heterocycles. The number of thiophene rings is 1. The van der Waals surface area contributed by atoms with Crippen LogP contribution in [-0.4, -0.2) is 23.4 Å². The van der Waals surface area contributed by atoms with Crippen molar-refractivity contribution in [2.45, 2.75) is 13.8 Å². The second-order valence-electron chi connectivity index (χ2n) is 6.89. The number of hydrogen-bond donors (Lipinski definition) is 1. The summed E-state index contributed by atoms with van der Waals surface area (Å²) in [6, 6.07) is 15.0. The van der Waals surface area contributed by atoms with Crippen LogP contribution in [0.1, 0.15) is 32.7 Å². The number of ether oxygens (including phenoxy) is 1. The van der Waals surface area contributed by atoms with Crippen molar-refractivity contribution in [2.24, 2.45) is 0 Å². The molecule has 8 nitrogen and oxygen atoms in total. The zero-order valence-electron chi connectivity index (χ0n) is 17.2. The first-order valence-corrected chi connectivity index (χ1v) is 10.6. The summed E-state index contributed by atoms with van der Waals surface area (Å²) in [5.41, 5.74) is 2.00. The molecule has 162 valence electrons. The van der Waals surface area contributed by atoms with Gasteiger partial charge in [-0.05, 0) is 31.5 Å². The summed E-state index contributed by atoms with van der Waals surface area (Å²) in [4.78, 5) is 36.9. The van der Waals surface area contributed by atoms with Gasteiger partial charge in [-0.25, -0.2) is 4.79 Å². The Morgan fingerprint density at radius 2 is 1.94 bits per heavy atom. The van der Waals surface area contributed by atoms with Crippen LogP contribution < -0.4 is 5.32 Å². The van der Waals surface area contributed by atoms with Crippen LogP contribution in [0, 0.1) is 17.0 Å². The van der Waals surface area contributed by atoms with Gasteiger partial charge in [0.15, 0.2) is 5.76 Å². The Bertz CT molecular complexity index is 1350. The van der Waals surface area contributed by atoms with Crippen molar-refractivity contribution in [1.82, 2.24) is 0 Å². The fraction of sp³-hybridized carbons (Fsp3) is 0.130. The monoisotopic (exact) mass is 450 g/mol. The normalized spacial score (nSPS) is 10.8. The minimum absolute atomic E-state index is 0.0722. The first-order valence-electron chi connectivity index (χ1n) is 9.74. The Kier molecular flexibility index (Phi) is 5.74. The highest BCUT2D eigenvalue weighted by Gasteiger charge is 2.24. The number of nitrogens with one attached hydrogen (secondary N) is 1. The zero-order chi connectivity index (χ0) is 22.8. The summed E-state index contributed by atoms with van der Waals surface area (Å²) in [6.45, 7) is 3.64. The van der Waals surface area contributed by atoms with Crippen molar-refractivity contribution in [3.05, 3.63) is 80.9 Å². The van der Waals surface area contributed by atoms with Crippen LogP contribution in [0.15, 0.2) is 59.0 Å². The number of non-ortho nitro benzene ring substituents is 1. The third-order valence-corrected chi connectivity index (χ3v) is 6.00. The molecular formula is C23H18N2O6S. The van der Waals surface area contributed by atoms with Crippen LogP contribution in [0.4, 0.5) is 11.4 Å². The van der Waals surface area contributed by atoms with E-state index in [0.717, 1.165) is 16.7 Å². The standard InChI is InChI=1S/C23H18N2O6S/c1-3-30-23(27)21-17(12-19(32-21)14-7-6-8-15(11-14)25(28)29)24-22(26)20-13(2)16-9-4-5-10-18(16)31-20/h4-12H,3H2,1-2H3,(H,24,26). The van der Waals surface area contributed by atoms with Crippen LogP contribution in [-0.2, 0) is 4.74 Å². The molecule has 0 fully saturated rings. The maximum absolute atomic E-state index is 13.0. The molecule has 0 aliphatic heterocycles. The number of benzene rings is 2. The van der Waals surface area contributed by atoms with Crippen LogP contribution in [0.5, 0.6) is 0 Å². The number of fused-ring (bicyclic) bond motifs is 1. The quantitative estimate of drug-likeness (QED) is 0.225. The molecule has 0 saturated heterocycles. The summed E-state index contributed by atoms with van der Waals surface area (Å²) < 4.78 is 10.8. The number of carbonyl (C=O) groups excluding carboxylic acids is 2. The minimum Gasteiger partial charge on any atom is -0.462 e. The summed E-state index contributed by atoms with van der Waals surface area (Å²) >= 11 is 1.09. The van der Waals surface area contributed by atoms with E-state index in [1.165, 1.54) is 12.1 Å². The van der Waals surface area contributed by atoms with Crippen molar-refractivity contribution in [2.75, 3.05) is 11.9 Å². The Morgan fingerprint density at radius 1 is 1.16 bits per heavy atom. The number of nitro benzene ring substituents is 1. The number of para-hydroxylation sites is 1. The van der Waals surface area contributed by atoms with Gasteiger partial charge in [0.25, 0.3) is 11.6 Å². The molecule has 4 rings (SSSR count). The Morgan fingerprint density at radius 3 is 2.66 bits per heavy atom. The molecule has 32 heavy (non-hydrogen) atoms. The number of carbonyl (C=O) groups is 2. The van der Waals surface area contributed by atoms with Crippen molar-refractivity contribution in [3.63, 3.8) is 0 Å². The van der Waals surface area contributed by atoms with Crippen LogP contribution in [0.2, 0.25) is 0 Å². The number of nitrogens with zero attached hydrogens (tertiary/aromatic N) is 1. The minimum atomic E-state index is -0.592. The molecule has 0 spiro atoms. The third-order valence-electron chi connectivity index (χ3n) is 4.83. The van der Waals surface area contributed by atoms with Gasteiger partial charge in [-0.15, -0.1) is 11.3 Å². The molecule has 0 unspecified atom stereocenters. The molecular weight excluding hydrogens is 432 g/mol. The Balaban J connectivity index is 1.72. The number of rotatable bonds is 6. The number of furan rings is 1. The van der Waals surface area contributed by atoms with Gasteiger partial charge in [0.2, 0.25) is 0 Å². The summed E-state index contributed by atoms with van der Waals surface area (Å²) in [7, 11) is 0. The predicted octanol–water partition coefficient (Wildman–Crippen LogP) is 5.81. The summed E-state index contributed by atoms with van der Waals surface area (Å²) in [5.74, 6) is -0.956. The maximum Gasteiger partial charge on any atom is 0.350 e. The zero-order valence-corrected chi connectivity index (χ0v) is 18.0. The third kappa shape index (κ3) is 3.97. The molecule has 1 N–H and O–H groups in total. The largest absolute Gasteiger partial charge is 0.462 e. The number of nitro groups is 1. The molecule has 0 aliphatic rings. The fourth-order valence-electron chi connectivity index (χ4n) is 3.32. The Hall–Kier alpha value is -3.98. The molecule has 2 aromatic carbocycles. The van der Waals surface area contributed by atoms with Crippen molar-refractivity contribution >= 4 is 45.6 Å². The second kappa shape index (κ2) is 8.64. The highest BCUT2D eigenvalue weighted by atomic mass is 32.1. The van der Waals surface area contributed by atoms with E-state index in [1.807, 2.05) is 18.2 Å². The lowest BCUT2D eigenvalue weighted by Gasteiger charge is -2.05. The topological polar surface area (TPSA) is 112 Å². The maximum atomic E-state index is 13.0. The smallest absolute Gasteiger partial charge is 0.350 e. The average molecular weight is 450 g/mol. The van der Waals surface area contributed by atoms with Gasteiger partial charge < -0.3 is 14.5 Å². The number of amides is 1. The second-order valence-corrected chi connectivity index (χ2v) is 7.94. The van der Waals surface area contributed by atoms with Gasteiger partial charge in [-0.2, -0.15) is 0 Å². The van der Waals surface area contributed by atoms with Crippen LogP contribution in [0.25, 0.3) is 21.4 Å². The van der Waals surface area contributed by atoms with E-state index in [2.05, 4.69) is 5.32 Å². The lowest BCUT2D eigenvalue weighted by Crippen LogP contribution is -2.14. The molecule has 4 aromatic rings. The first kappa shape index (κ1) is 21.3. The molecule has 1 amide bonds. The molecule has 9 heteroatoms. The summed E-state index contributed by atoms with van der Waals surface area (Å²) in [5, 5.41) is 14.7. The van der Waals surface area contributed by atoms with E-state index in [4.69, 9.17) is 9.15 Å². The van der Waals surface area contributed by atoms with Gasteiger partial charge in [-0.3, -0.25) is 14.9 Å². The predicted molar refractivity (Wildman–Crippen MR) is 121 cm³/mol. The first-order chi connectivity index (χ1) is 15.4. The van der Waals surface area contributed by atoms with Gasteiger partial charge in [0.05, 0.1) is 17.2 Å². The highest BCUT2D eigenvalue weighted by Crippen LogP contribution is 2.37. The summed E-state index contributed by atoms with van der Waals surface area (Å²) in [6.07, 6.45) is 0. The van der Waals surface area contributed by atoms with Gasteiger partial charge in [0.1, 0.15) is 10.5 Å². The van der Waals surface area contributed by atoms with Gasteiger partial charge in [0, 0.05) is 28.0 Å². The van der Waals surface area contributed by atoms with E-state index in [0.29, 0.717) is 21.6 Å². The fourth-order valence-corrected chi connectivity index (χ4v) is 4.32. The van der Waals surface area contributed by atoms with E-state index in [1.54, 1.807) is 38.1 Å². The molecule has 0 bridgehead atoms.